The molecule has 0 unspecified atom stereocenters. The lowest BCUT2D eigenvalue weighted by Gasteiger charge is -2.33. The molecule has 0 saturated heterocycles. The van der Waals surface area contributed by atoms with Crippen LogP contribution >= 0.6 is 0 Å². The molecule has 19 heavy (non-hydrogen) atoms. The fourth-order valence-electron chi connectivity index (χ4n) is 2.32. The largest absolute Gasteiger partial charge is 0.467 e. The molecule has 2 N–H and O–H groups in total. The number of nitrogens with two attached hydrogens (primary N) is 1. The fraction of sp³-hybridized carbons (Fsp3) is 0.750. The molecule has 1 saturated carbocycles. The molecule has 0 radical (unpaired) electrons. The van der Waals surface area contributed by atoms with Crippen LogP contribution in [0.4, 0.5) is 5.95 Å². The minimum Gasteiger partial charge on any atom is -0.467 e. The number of anilines is 1. The Balaban J connectivity index is 2.15. The molecule has 1 aromatic heterocycles. The molecule has 0 amide bonds. The van der Waals surface area contributed by atoms with Gasteiger partial charge in [0.2, 0.25) is 5.95 Å². The fourth-order valence-corrected chi connectivity index (χ4v) is 2.32. The van der Waals surface area contributed by atoms with Crippen LogP contribution < -0.4 is 20.1 Å². The number of nitrogens with zero attached hydrogens (tertiary/aromatic N) is 4. The highest BCUT2D eigenvalue weighted by Crippen LogP contribution is 2.25. The Bertz CT molecular complexity index is 398. The third kappa shape index (κ3) is 3.23. The van der Waals surface area contributed by atoms with E-state index in [9.17, 15) is 0 Å². The molecule has 7 nitrogen and oxygen atoms in total. The average Bonchev–Trinajstić information content (AvgIpc) is 2.46. The van der Waals surface area contributed by atoms with Gasteiger partial charge in [-0.3, -0.25) is 0 Å². The van der Waals surface area contributed by atoms with Crippen molar-refractivity contribution in [3.63, 3.8) is 0 Å². The van der Waals surface area contributed by atoms with Gasteiger partial charge >= 0.3 is 12.0 Å². The lowest BCUT2D eigenvalue weighted by atomic mass is 9.91. The lowest BCUT2D eigenvalue weighted by molar-refractivity contribution is 0.336. The maximum Gasteiger partial charge on any atom is 0.324 e. The summed E-state index contributed by atoms with van der Waals surface area (Å²) in [5, 5.41) is 0. The smallest absolute Gasteiger partial charge is 0.324 e. The number of ether oxygens (including phenoxy) is 2. The summed E-state index contributed by atoms with van der Waals surface area (Å²) in [5.74, 6) is 0.573. The molecular weight excluding hydrogens is 246 g/mol. The van der Waals surface area contributed by atoms with E-state index >= 15 is 0 Å². The zero-order valence-electron chi connectivity index (χ0n) is 11.7. The van der Waals surface area contributed by atoms with Gasteiger partial charge in [0.05, 0.1) is 14.2 Å². The van der Waals surface area contributed by atoms with Crippen LogP contribution in [0, 0.1) is 0 Å². The summed E-state index contributed by atoms with van der Waals surface area (Å²) in [5.41, 5.74) is 5.93. The Morgan fingerprint density at radius 3 is 2.00 bits per heavy atom. The minimum atomic E-state index is 0.265. The van der Waals surface area contributed by atoms with Crippen LogP contribution in [0.5, 0.6) is 12.0 Å². The molecule has 106 valence electrons. The second-order valence-electron chi connectivity index (χ2n) is 4.79. The predicted molar refractivity (Wildman–Crippen MR) is 71.6 cm³/mol. The Labute approximate surface area is 113 Å². The van der Waals surface area contributed by atoms with Crippen LogP contribution in [0.1, 0.15) is 25.7 Å². The van der Waals surface area contributed by atoms with E-state index in [4.69, 9.17) is 15.2 Å². The van der Waals surface area contributed by atoms with E-state index in [-0.39, 0.29) is 12.0 Å². The average molecular weight is 267 g/mol. The molecule has 0 aliphatic heterocycles. The second-order valence-corrected chi connectivity index (χ2v) is 4.79. The van der Waals surface area contributed by atoms with Crippen molar-refractivity contribution in [2.24, 2.45) is 5.73 Å². The van der Waals surface area contributed by atoms with E-state index in [2.05, 4.69) is 19.9 Å². The van der Waals surface area contributed by atoms with Crippen LogP contribution in [-0.4, -0.2) is 48.3 Å². The van der Waals surface area contributed by atoms with Crippen LogP contribution in [0.15, 0.2) is 0 Å². The predicted octanol–water partition coefficient (Wildman–Crippen LogP) is 0.595. The molecule has 0 spiro atoms. The molecule has 2 rings (SSSR count). The number of hydrogen-bond acceptors (Lipinski definition) is 7. The quantitative estimate of drug-likeness (QED) is 0.854. The van der Waals surface area contributed by atoms with Crippen LogP contribution in [0.25, 0.3) is 0 Å². The molecule has 1 heterocycles. The number of hydrogen-bond donors (Lipinski definition) is 1. The Hall–Kier alpha value is -1.63. The van der Waals surface area contributed by atoms with Crippen molar-refractivity contribution in [2.75, 3.05) is 26.2 Å². The lowest BCUT2D eigenvalue weighted by Crippen LogP contribution is -2.39. The van der Waals surface area contributed by atoms with E-state index in [1.54, 1.807) is 0 Å². The van der Waals surface area contributed by atoms with Gasteiger partial charge in [-0.2, -0.15) is 9.97 Å². The summed E-state index contributed by atoms with van der Waals surface area (Å²) >= 11 is 0. The molecule has 1 fully saturated rings. The van der Waals surface area contributed by atoms with Gasteiger partial charge in [-0.25, -0.2) is 0 Å². The highest BCUT2D eigenvalue weighted by atomic mass is 16.5. The highest BCUT2D eigenvalue weighted by Gasteiger charge is 2.24. The van der Waals surface area contributed by atoms with Crippen molar-refractivity contribution in [1.29, 1.82) is 0 Å². The molecule has 0 aromatic carbocycles. The number of rotatable bonds is 4. The summed E-state index contributed by atoms with van der Waals surface area (Å²) < 4.78 is 10.1. The second kappa shape index (κ2) is 6.01. The van der Waals surface area contributed by atoms with Gasteiger partial charge in [-0.05, 0) is 25.7 Å². The van der Waals surface area contributed by atoms with Crippen LogP contribution in [-0.2, 0) is 0 Å². The molecule has 1 aliphatic carbocycles. The third-order valence-corrected chi connectivity index (χ3v) is 3.55. The topological polar surface area (TPSA) is 86.4 Å². The molecule has 7 heteroatoms. The molecular formula is C12H21N5O2. The monoisotopic (exact) mass is 267 g/mol. The van der Waals surface area contributed by atoms with E-state index in [0.717, 1.165) is 25.7 Å². The van der Waals surface area contributed by atoms with Gasteiger partial charge in [-0.15, -0.1) is 4.98 Å². The van der Waals surface area contributed by atoms with Gasteiger partial charge < -0.3 is 20.1 Å². The van der Waals surface area contributed by atoms with Gasteiger partial charge in [0, 0.05) is 19.1 Å². The zero-order valence-corrected chi connectivity index (χ0v) is 11.7. The van der Waals surface area contributed by atoms with Crippen molar-refractivity contribution in [1.82, 2.24) is 15.0 Å². The zero-order chi connectivity index (χ0) is 13.8. The standard InChI is InChI=1S/C12H21N5O2/c1-17(9-6-4-8(13)5-7-9)10-14-11(18-2)16-12(15-10)19-3/h8-9H,4-7,13H2,1-3H3. The van der Waals surface area contributed by atoms with Gasteiger partial charge in [0.1, 0.15) is 0 Å². The summed E-state index contributed by atoms with van der Waals surface area (Å²) in [6.45, 7) is 0. The van der Waals surface area contributed by atoms with Gasteiger partial charge in [-0.1, -0.05) is 0 Å². The minimum absolute atomic E-state index is 0.265. The van der Waals surface area contributed by atoms with E-state index in [1.807, 2.05) is 7.05 Å². The first-order chi connectivity index (χ1) is 9.13. The number of aromatic nitrogens is 3. The van der Waals surface area contributed by atoms with E-state index in [1.165, 1.54) is 14.2 Å². The van der Waals surface area contributed by atoms with Crippen molar-refractivity contribution in [3.8, 4) is 12.0 Å². The van der Waals surface area contributed by atoms with Gasteiger partial charge in [0.25, 0.3) is 0 Å². The van der Waals surface area contributed by atoms with E-state index < -0.39 is 0 Å². The first-order valence-corrected chi connectivity index (χ1v) is 6.46. The number of methoxy groups -OCH3 is 2. The van der Waals surface area contributed by atoms with Crippen LogP contribution in [0.2, 0.25) is 0 Å². The first kappa shape index (κ1) is 13.8. The Morgan fingerprint density at radius 1 is 1.00 bits per heavy atom. The summed E-state index contributed by atoms with van der Waals surface area (Å²) in [7, 11) is 5.03. The summed E-state index contributed by atoms with van der Waals surface area (Å²) in [6.07, 6.45) is 4.17. The normalized spacial score (nSPS) is 22.9. The highest BCUT2D eigenvalue weighted by molar-refractivity contribution is 5.32. The van der Waals surface area contributed by atoms with E-state index in [0.29, 0.717) is 18.0 Å². The SMILES string of the molecule is COc1nc(OC)nc(N(C)C2CCC(N)CC2)n1. The Morgan fingerprint density at radius 2 is 1.53 bits per heavy atom. The Kier molecular flexibility index (Phi) is 4.36. The maximum absolute atomic E-state index is 5.93. The maximum atomic E-state index is 5.93. The summed E-state index contributed by atoms with van der Waals surface area (Å²) in [6, 6.07) is 1.26. The molecule has 0 bridgehead atoms. The first-order valence-electron chi connectivity index (χ1n) is 6.46. The third-order valence-electron chi connectivity index (χ3n) is 3.55. The molecule has 0 atom stereocenters. The molecule has 1 aromatic rings. The van der Waals surface area contributed by atoms with Gasteiger partial charge in [0.15, 0.2) is 0 Å². The van der Waals surface area contributed by atoms with Crippen molar-refractivity contribution in [2.45, 2.75) is 37.8 Å². The van der Waals surface area contributed by atoms with Crippen molar-refractivity contribution < 1.29 is 9.47 Å². The van der Waals surface area contributed by atoms with Crippen molar-refractivity contribution >= 4 is 5.95 Å². The molecule has 1 aliphatic rings. The van der Waals surface area contributed by atoms with Crippen molar-refractivity contribution in [3.05, 3.63) is 0 Å². The summed E-state index contributed by atoms with van der Waals surface area (Å²) in [4.78, 5) is 14.6. The van der Waals surface area contributed by atoms with Crippen LogP contribution in [0.3, 0.4) is 0 Å².